The summed E-state index contributed by atoms with van der Waals surface area (Å²) in [7, 11) is 0. The van der Waals surface area contributed by atoms with E-state index in [2.05, 4.69) is 43.0 Å². The van der Waals surface area contributed by atoms with Gasteiger partial charge in [-0.25, -0.2) is 0 Å². The lowest BCUT2D eigenvalue weighted by atomic mass is 9.97. The van der Waals surface area contributed by atoms with Crippen molar-refractivity contribution in [1.29, 1.82) is 0 Å². The smallest absolute Gasteiger partial charge is 0.150 e. The SMILES string of the molecule is CC(=O)C(C)(CSc1ccc(C)cc1)N1CCOCC1. The molecule has 20 heavy (non-hydrogen) atoms. The first-order valence-corrected chi connectivity index (χ1v) is 8.04. The molecule has 0 saturated carbocycles. The van der Waals surface area contributed by atoms with Gasteiger partial charge < -0.3 is 4.74 Å². The van der Waals surface area contributed by atoms with Crippen LogP contribution < -0.4 is 0 Å². The lowest BCUT2D eigenvalue weighted by Gasteiger charge is -2.41. The largest absolute Gasteiger partial charge is 0.379 e. The molecule has 1 aromatic carbocycles. The van der Waals surface area contributed by atoms with Gasteiger partial charge in [0.1, 0.15) is 0 Å². The Bertz CT molecular complexity index is 454. The second-order valence-electron chi connectivity index (χ2n) is 5.53. The molecule has 1 atom stereocenters. The number of ketones is 1. The summed E-state index contributed by atoms with van der Waals surface area (Å²) in [5.74, 6) is 1.02. The molecule has 0 spiro atoms. The van der Waals surface area contributed by atoms with Gasteiger partial charge in [-0.15, -0.1) is 11.8 Å². The van der Waals surface area contributed by atoms with Crippen molar-refractivity contribution in [3.63, 3.8) is 0 Å². The Hall–Kier alpha value is -0.840. The third-order valence-corrected chi connectivity index (χ3v) is 5.32. The van der Waals surface area contributed by atoms with Crippen LogP contribution in [0.1, 0.15) is 19.4 Å². The zero-order chi connectivity index (χ0) is 14.6. The molecule has 1 saturated heterocycles. The van der Waals surface area contributed by atoms with Gasteiger partial charge in [0.2, 0.25) is 0 Å². The number of aryl methyl sites for hydroxylation is 1. The van der Waals surface area contributed by atoms with Crippen molar-refractivity contribution in [2.24, 2.45) is 0 Å². The number of Topliss-reactive ketones (excluding diaryl/α,β-unsaturated/α-hetero) is 1. The van der Waals surface area contributed by atoms with E-state index in [-0.39, 0.29) is 5.78 Å². The number of benzene rings is 1. The van der Waals surface area contributed by atoms with Gasteiger partial charge in [0.25, 0.3) is 0 Å². The highest BCUT2D eigenvalue weighted by Gasteiger charge is 2.37. The fourth-order valence-corrected chi connectivity index (χ4v) is 3.49. The molecule has 1 heterocycles. The molecule has 1 aromatic rings. The van der Waals surface area contributed by atoms with E-state index in [0.717, 1.165) is 32.1 Å². The molecule has 1 fully saturated rings. The quantitative estimate of drug-likeness (QED) is 0.781. The van der Waals surface area contributed by atoms with E-state index >= 15 is 0 Å². The molecule has 1 unspecified atom stereocenters. The van der Waals surface area contributed by atoms with Crippen LogP contribution in [-0.2, 0) is 9.53 Å². The number of hydrogen-bond acceptors (Lipinski definition) is 4. The van der Waals surface area contributed by atoms with Gasteiger partial charge in [-0.2, -0.15) is 0 Å². The molecule has 1 aliphatic heterocycles. The van der Waals surface area contributed by atoms with Crippen molar-refractivity contribution in [3.05, 3.63) is 29.8 Å². The molecule has 0 aromatic heterocycles. The summed E-state index contributed by atoms with van der Waals surface area (Å²) in [6.07, 6.45) is 0. The Morgan fingerprint density at radius 3 is 2.45 bits per heavy atom. The number of nitrogens with zero attached hydrogens (tertiary/aromatic N) is 1. The Balaban J connectivity index is 2.04. The number of carbonyl (C=O) groups is 1. The maximum atomic E-state index is 12.1. The number of morpholine rings is 1. The van der Waals surface area contributed by atoms with Crippen molar-refractivity contribution in [1.82, 2.24) is 4.90 Å². The van der Waals surface area contributed by atoms with E-state index in [9.17, 15) is 4.79 Å². The van der Waals surface area contributed by atoms with Crippen molar-refractivity contribution < 1.29 is 9.53 Å². The first-order chi connectivity index (χ1) is 9.52. The van der Waals surface area contributed by atoms with Crippen LogP contribution in [0.5, 0.6) is 0 Å². The highest BCUT2D eigenvalue weighted by atomic mass is 32.2. The van der Waals surface area contributed by atoms with Crippen LogP contribution in [0, 0.1) is 6.92 Å². The Labute approximate surface area is 125 Å². The topological polar surface area (TPSA) is 29.5 Å². The summed E-state index contributed by atoms with van der Waals surface area (Å²) in [5, 5.41) is 0. The second kappa shape index (κ2) is 6.74. The lowest BCUT2D eigenvalue weighted by Crippen LogP contribution is -2.57. The van der Waals surface area contributed by atoms with Crippen LogP contribution >= 0.6 is 11.8 Å². The predicted molar refractivity (Wildman–Crippen MR) is 83.4 cm³/mol. The number of carbonyl (C=O) groups excluding carboxylic acids is 1. The maximum absolute atomic E-state index is 12.1. The summed E-state index contributed by atoms with van der Waals surface area (Å²) in [6, 6.07) is 8.48. The third-order valence-electron chi connectivity index (χ3n) is 4.01. The lowest BCUT2D eigenvalue weighted by molar-refractivity contribution is -0.129. The molecule has 0 N–H and O–H groups in total. The zero-order valence-corrected chi connectivity index (χ0v) is 13.3. The molecule has 0 bridgehead atoms. The minimum atomic E-state index is -0.403. The Kier molecular flexibility index (Phi) is 5.24. The first kappa shape index (κ1) is 15.5. The van der Waals surface area contributed by atoms with Gasteiger partial charge in [0, 0.05) is 23.7 Å². The fourth-order valence-electron chi connectivity index (χ4n) is 2.33. The second-order valence-corrected chi connectivity index (χ2v) is 6.58. The van der Waals surface area contributed by atoms with Gasteiger partial charge in [0.15, 0.2) is 5.78 Å². The molecular formula is C16H23NO2S. The fraction of sp³-hybridized carbons (Fsp3) is 0.562. The number of ether oxygens (including phenoxy) is 1. The van der Waals surface area contributed by atoms with Crippen LogP contribution in [0.25, 0.3) is 0 Å². The van der Waals surface area contributed by atoms with Crippen molar-refractivity contribution >= 4 is 17.5 Å². The molecule has 3 nitrogen and oxygen atoms in total. The Morgan fingerprint density at radius 1 is 1.30 bits per heavy atom. The average Bonchev–Trinajstić information content (AvgIpc) is 2.47. The molecule has 0 aliphatic carbocycles. The minimum Gasteiger partial charge on any atom is -0.379 e. The van der Waals surface area contributed by atoms with Crippen LogP contribution in [0.2, 0.25) is 0 Å². The zero-order valence-electron chi connectivity index (χ0n) is 12.5. The molecule has 1 aliphatic rings. The van der Waals surface area contributed by atoms with E-state index < -0.39 is 5.54 Å². The van der Waals surface area contributed by atoms with Gasteiger partial charge >= 0.3 is 0 Å². The number of hydrogen-bond donors (Lipinski definition) is 0. The van der Waals surface area contributed by atoms with Crippen LogP contribution in [-0.4, -0.2) is 48.3 Å². The summed E-state index contributed by atoms with van der Waals surface area (Å²) < 4.78 is 5.39. The standard InChI is InChI=1S/C16H23NO2S/c1-13-4-6-15(7-5-13)20-12-16(3,14(2)18)17-8-10-19-11-9-17/h4-7H,8-12H2,1-3H3. The number of thioether (sulfide) groups is 1. The van der Waals surface area contributed by atoms with Gasteiger partial charge in [-0.3, -0.25) is 9.69 Å². The van der Waals surface area contributed by atoms with E-state index in [1.165, 1.54) is 10.5 Å². The van der Waals surface area contributed by atoms with E-state index in [1.807, 2.05) is 0 Å². The summed E-state index contributed by atoms with van der Waals surface area (Å²) in [6.45, 7) is 8.96. The summed E-state index contributed by atoms with van der Waals surface area (Å²) in [4.78, 5) is 15.6. The van der Waals surface area contributed by atoms with Crippen LogP contribution in [0.3, 0.4) is 0 Å². The minimum absolute atomic E-state index is 0.235. The molecular weight excluding hydrogens is 270 g/mol. The summed E-state index contributed by atoms with van der Waals surface area (Å²) in [5.41, 5.74) is 0.858. The maximum Gasteiger partial charge on any atom is 0.150 e. The summed E-state index contributed by atoms with van der Waals surface area (Å²) >= 11 is 1.75. The molecule has 0 radical (unpaired) electrons. The van der Waals surface area contributed by atoms with E-state index in [4.69, 9.17) is 4.74 Å². The van der Waals surface area contributed by atoms with Gasteiger partial charge in [-0.05, 0) is 32.9 Å². The molecule has 110 valence electrons. The number of rotatable bonds is 5. The predicted octanol–water partition coefficient (Wildman–Crippen LogP) is 2.77. The first-order valence-electron chi connectivity index (χ1n) is 7.06. The molecule has 0 amide bonds. The molecule has 2 rings (SSSR count). The van der Waals surface area contributed by atoms with Gasteiger partial charge in [0.05, 0.1) is 18.8 Å². The van der Waals surface area contributed by atoms with E-state index in [1.54, 1.807) is 18.7 Å². The van der Waals surface area contributed by atoms with Crippen LogP contribution in [0.15, 0.2) is 29.2 Å². The van der Waals surface area contributed by atoms with E-state index in [0.29, 0.717) is 0 Å². The Morgan fingerprint density at radius 2 is 1.90 bits per heavy atom. The van der Waals surface area contributed by atoms with Crippen LogP contribution in [0.4, 0.5) is 0 Å². The molecule has 4 heteroatoms. The van der Waals surface area contributed by atoms with Crippen molar-refractivity contribution in [3.8, 4) is 0 Å². The van der Waals surface area contributed by atoms with Gasteiger partial charge in [-0.1, -0.05) is 17.7 Å². The monoisotopic (exact) mass is 293 g/mol. The highest BCUT2D eigenvalue weighted by molar-refractivity contribution is 7.99. The highest BCUT2D eigenvalue weighted by Crippen LogP contribution is 2.28. The average molecular weight is 293 g/mol. The van der Waals surface area contributed by atoms with Crippen molar-refractivity contribution in [2.75, 3.05) is 32.1 Å². The van der Waals surface area contributed by atoms with Crippen molar-refractivity contribution in [2.45, 2.75) is 31.2 Å². The third kappa shape index (κ3) is 3.62. The normalized spacial score (nSPS) is 19.6.